The summed E-state index contributed by atoms with van der Waals surface area (Å²) in [5.74, 6) is 1.39. The molecule has 4 rings (SSSR count). The van der Waals surface area contributed by atoms with Crippen molar-refractivity contribution < 1.29 is 19.0 Å². The summed E-state index contributed by atoms with van der Waals surface area (Å²) in [4.78, 5) is 31.5. The van der Waals surface area contributed by atoms with E-state index in [9.17, 15) is 9.59 Å². The molecular weight excluding hydrogens is 352 g/mol. The molecule has 3 heterocycles. The van der Waals surface area contributed by atoms with Crippen molar-refractivity contribution in [2.75, 3.05) is 43.3 Å². The van der Waals surface area contributed by atoms with Crippen LogP contribution in [0.5, 0.6) is 11.5 Å². The van der Waals surface area contributed by atoms with Gasteiger partial charge in [-0.25, -0.2) is 4.98 Å². The number of hydrogen-bond acceptors (Lipinski definition) is 7. The zero-order chi connectivity index (χ0) is 18.8. The number of carbonyl (C=O) groups excluding carboxylic acids is 1. The van der Waals surface area contributed by atoms with Crippen molar-refractivity contribution in [3.05, 3.63) is 40.3 Å². The Morgan fingerprint density at radius 2 is 1.96 bits per heavy atom. The number of nitrogens with one attached hydrogen (secondary N) is 1. The van der Waals surface area contributed by atoms with E-state index in [2.05, 4.69) is 10.3 Å². The Kier molecular flexibility index (Phi) is 4.68. The van der Waals surface area contributed by atoms with Crippen LogP contribution in [0.15, 0.2) is 29.1 Å². The lowest BCUT2D eigenvalue weighted by Gasteiger charge is -2.29. The molecule has 0 spiro atoms. The average molecular weight is 372 g/mol. The van der Waals surface area contributed by atoms with Crippen molar-refractivity contribution in [2.24, 2.45) is 0 Å². The summed E-state index contributed by atoms with van der Waals surface area (Å²) < 4.78 is 17.3. The van der Waals surface area contributed by atoms with Gasteiger partial charge in [0.1, 0.15) is 6.54 Å². The standard InChI is InChI=1S/C18H20N4O5/c1-12-8-17(24)22(18(19-12)21-4-6-25-7-5-21)10-16(23)20-13-2-3-14-15(9-13)27-11-26-14/h2-3,8-9H,4-7,10-11H2,1H3,(H,20,23). The molecule has 0 radical (unpaired) electrons. The highest BCUT2D eigenvalue weighted by Gasteiger charge is 2.20. The largest absolute Gasteiger partial charge is 0.454 e. The van der Waals surface area contributed by atoms with E-state index in [0.717, 1.165) is 0 Å². The number of hydrogen-bond donors (Lipinski definition) is 1. The molecule has 2 aliphatic rings. The number of amides is 1. The second-order valence-electron chi connectivity index (χ2n) is 6.34. The molecule has 9 heteroatoms. The van der Waals surface area contributed by atoms with Gasteiger partial charge >= 0.3 is 0 Å². The fraction of sp³-hybridized carbons (Fsp3) is 0.389. The zero-order valence-corrected chi connectivity index (χ0v) is 14.9. The smallest absolute Gasteiger partial charge is 0.255 e. The number of ether oxygens (including phenoxy) is 3. The van der Waals surface area contributed by atoms with E-state index in [1.807, 2.05) is 4.90 Å². The van der Waals surface area contributed by atoms with Crippen LogP contribution >= 0.6 is 0 Å². The minimum atomic E-state index is -0.323. The molecular formula is C18H20N4O5. The molecule has 1 amide bonds. The number of fused-ring (bicyclic) bond motifs is 1. The second kappa shape index (κ2) is 7.28. The number of nitrogens with zero attached hydrogens (tertiary/aromatic N) is 3. The van der Waals surface area contributed by atoms with Crippen LogP contribution in [0.25, 0.3) is 0 Å². The Bertz CT molecular complexity index is 920. The Morgan fingerprint density at radius 1 is 1.19 bits per heavy atom. The summed E-state index contributed by atoms with van der Waals surface area (Å²) in [6.45, 7) is 4.18. The fourth-order valence-electron chi connectivity index (χ4n) is 3.08. The SMILES string of the molecule is Cc1cc(=O)n(CC(=O)Nc2ccc3c(c2)OCO3)c(N2CCOCC2)n1. The molecule has 142 valence electrons. The van der Waals surface area contributed by atoms with Crippen LogP contribution in [0.4, 0.5) is 11.6 Å². The number of morpholine rings is 1. The maximum Gasteiger partial charge on any atom is 0.255 e. The third-order valence-electron chi connectivity index (χ3n) is 4.37. The molecule has 1 aromatic carbocycles. The van der Waals surface area contributed by atoms with Crippen molar-refractivity contribution in [2.45, 2.75) is 13.5 Å². The molecule has 9 nitrogen and oxygen atoms in total. The van der Waals surface area contributed by atoms with Gasteiger partial charge in [0.2, 0.25) is 18.6 Å². The molecule has 27 heavy (non-hydrogen) atoms. The van der Waals surface area contributed by atoms with Crippen molar-refractivity contribution >= 4 is 17.5 Å². The van der Waals surface area contributed by atoms with E-state index >= 15 is 0 Å². The van der Waals surface area contributed by atoms with E-state index in [0.29, 0.717) is 55.1 Å². The molecule has 2 aliphatic heterocycles. The second-order valence-corrected chi connectivity index (χ2v) is 6.34. The lowest BCUT2D eigenvalue weighted by Crippen LogP contribution is -2.41. The van der Waals surface area contributed by atoms with Gasteiger partial charge in [0.05, 0.1) is 13.2 Å². The molecule has 2 aromatic rings. The van der Waals surface area contributed by atoms with Crippen molar-refractivity contribution in [1.82, 2.24) is 9.55 Å². The van der Waals surface area contributed by atoms with Gasteiger partial charge in [-0.15, -0.1) is 0 Å². The van der Waals surface area contributed by atoms with Gasteiger partial charge < -0.3 is 24.4 Å². The molecule has 1 fully saturated rings. The zero-order valence-electron chi connectivity index (χ0n) is 14.9. The van der Waals surface area contributed by atoms with Crippen molar-refractivity contribution in [3.8, 4) is 11.5 Å². The van der Waals surface area contributed by atoms with Crippen LogP contribution < -0.4 is 25.2 Å². The van der Waals surface area contributed by atoms with Crippen LogP contribution in [0.2, 0.25) is 0 Å². The van der Waals surface area contributed by atoms with E-state index in [1.165, 1.54) is 10.6 Å². The summed E-state index contributed by atoms with van der Waals surface area (Å²) in [5, 5.41) is 2.79. The predicted molar refractivity (Wildman–Crippen MR) is 97.5 cm³/mol. The molecule has 0 bridgehead atoms. The van der Waals surface area contributed by atoms with Gasteiger partial charge in [-0.05, 0) is 19.1 Å². The van der Waals surface area contributed by atoms with Gasteiger partial charge in [0.15, 0.2) is 11.5 Å². The third-order valence-corrected chi connectivity index (χ3v) is 4.37. The Labute approximate surface area is 155 Å². The lowest BCUT2D eigenvalue weighted by atomic mass is 10.2. The van der Waals surface area contributed by atoms with Crippen LogP contribution in [0.1, 0.15) is 5.69 Å². The highest BCUT2D eigenvalue weighted by atomic mass is 16.7. The summed E-state index contributed by atoms with van der Waals surface area (Å²) in [6.07, 6.45) is 0. The first kappa shape index (κ1) is 17.3. The minimum Gasteiger partial charge on any atom is -0.454 e. The summed E-state index contributed by atoms with van der Waals surface area (Å²) in [7, 11) is 0. The van der Waals surface area contributed by atoms with Gasteiger partial charge in [-0.3, -0.25) is 14.2 Å². The van der Waals surface area contributed by atoms with Crippen molar-refractivity contribution in [1.29, 1.82) is 0 Å². The summed E-state index contributed by atoms with van der Waals surface area (Å²) in [5.41, 5.74) is 0.934. The summed E-state index contributed by atoms with van der Waals surface area (Å²) >= 11 is 0. The highest BCUT2D eigenvalue weighted by molar-refractivity contribution is 5.91. The molecule has 1 saturated heterocycles. The number of anilines is 2. The van der Waals surface area contributed by atoms with Gasteiger partial charge in [-0.2, -0.15) is 0 Å². The van der Waals surface area contributed by atoms with Crippen LogP contribution in [0.3, 0.4) is 0 Å². The van der Waals surface area contributed by atoms with E-state index in [-0.39, 0.29) is 24.8 Å². The summed E-state index contributed by atoms with van der Waals surface area (Å²) in [6, 6.07) is 6.58. The monoisotopic (exact) mass is 372 g/mol. The molecule has 0 saturated carbocycles. The molecule has 0 unspecified atom stereocenters. The van der Waals surface area contributed by atoms with E-state index in [4.69, 9.17) is 14.2 Å². The number of aryl methyl sites for hydroxylation is 1. The number of benzene rings is 1. The first-order chi connectivity index (χ1) is 13.1. The molecule has 1 aromatic heterocycles. The van der Waals surface area contributed by atoms with Crippen LogP contribution in [-0.4, -0.2) is 48.6 Å². The van der Waals surface area contributed by atoms with E-state index < -0.39 is 0 Å². The predicted octanol–water partition coefficient (Wildman–Crippen LogP) is 0.756. The number of carbonyl (C=O) groups is 1. The van der Waals surface area contributed by atoms with E-state index in [1.54, 1.807) is 25.1 Å². The van der Waals surface area contributed by atoms with Gasteiger partial charge in [0.25, 0.3) is 5.56 Å². The molecule has 0 aliphatic carbocycles. The normalized spacial score (nSPS) is 15.7. The van der Waals surface area contributed by atoms with Crippen LogP contribution in [0, 0.1) is 6.92 Å². The highest BCUT2D eigenvalue weighted by Crippen LogP contribution is 2.34. The average Bonchev–Trinajstić information content (AvgIpc) is 3.12. The van der Waals surface area contributed by atoms with Crippen LogP contribution in [-0.2, 0) is 16.1 Å². The Morgan fingerprint density at radius 3 is 2.78 bits per heavy atom. The Hall–Kier alpha value is -3.07. The minimum absolute atomic E-state index is 0.132. The maximum absolute atomic E-state index is 12.5. The first-order valence-corrected chi connectivity index (χ1v) is 8.71. The lowest BCUT2D eigenvalue weighted by molar-refractivity contribution is -0.116. The van der Waals surface area contributed by atoms with Crippen molar-refractivity contribution in [3.63, 3.8) is 0 Å². The number of rotatable bonds is 4. The first-order valence-electron chi connectivity index (χ1n) is 8.71. The third kappa shape index (κ3) is 3.72. The fourth-order valence-corrected chi connectivity index (χ4v) is 3.08. The quantitative estimate of drug-likeness (QED) is 0.846. The Balaban J connectivity index is 1.54. The molecule has 0 atom stereocenters. The maximum atomic E-state index is 12.5. The number of aromatic nitrogens is 2. The van der Waals surface area contributed by atoms with Gasteiger partial charge in [-0.1, -0.05) is 0 Å². The molecule has 1 N–H and O–H groups in total. The van der Waals surface area contributed by atoms with Gasteiger partial charge in [0, 0.05) is 36.6 Å². The topological polar surface area (TPSA) is 94.9 Å².